The lowest BCUT2D eigenvalue weighted by atomic mass is 9.86. The van der Waals surface area contributed by atoms with Crippen LogP contribution in [0.2, 0.25) is 0 Å². The van der Waals surface area contributed by atoms with Gasteiger partial charge >= 0.3 is 0 Å². The highest BCUT2D eigenvalue weighted by Gasteiger charge is 2.21. The Labute approximate surface area is 322 Å². The van der Waals surface area contributed by atoms with Crippen LogP contribution in [0.25, 0.3) is 50.3 Å². The van der Waals surface area contributed by atoms with Crippen molar-refractivity contribution in [3.63, 3.8) is 0 Å². The van der Waals surface area contributed by atoms with Gasteiger partial charge in [0.1, 0.15) is 5.69 Å². The Kier molecular flexibility index (Phi) is 9.75. The average molecular weight is 716 g/mol. The number of aliphatic imine (C=N–C) groups is 1. The van der Waals surface area contributed by atoms with E-state index in [2.05, 4.69) is 109 Å². The van der Waals surface area contributed by atoms with Crippen molar-refractivity contribution < 1.29 is 0 Å². The Balaban J connectivity index is 1.08. The Morgan fingerprint density at radius 2 is 1.24 bits per heavy atom. The first kappa shape index (κ1) is 35.2. The number of pyridine rings is 3. The summed E-state index contributed by atoms with van der Waals surface area (Å²) < 4.78 is 0. The smallest absolute Gasteiger partial charge is 0.110 e. The Morgan fingerprint density at radius 3 is 1.89 bits per heavy atom. The summed E-state index contributed by atoms with van der Waals surface area (Å²) in [5.41, 5.74) is 20.8. The summed E-state index contributed by atoms with van der Waals surface area (Å²) in [6.07, 6.45) is 10.3. The van der Waals surface area contributed by atoms with Gasteiger partial charge in [0.2, 0.25) is 0 Å². The molecule has 4 heterocycles. The third-order valence-corrected chi connectivity index (χ3v) is 9.90. The molecule has 268 valence electrons. The van der Waals surface area contributed by atoms with Crippen LogP contribution in [0.5, 0.6) is 0 Å². The highest BCUT2D eigenvalue weighted by Crippen LogP contribution is 2.40. The molecule has 1 aliphatic rings. The lowest BCUT2D eigenvalue weighted by molar-refractivity contribution is 0.590. The topological polar surface area (TPSA) is 102 Å². The first-order valence-corrected chi connectivity index (χ1v) is 18.5. The van der Waals surface area contributed by atoms with Crippen LogP contribution in [0.1, 0.15) is 50.1 Å². The molecule has 0 fully saturated rings. The molecular weight excluding hydrogens is 675 g/mol. The number of nitrogens with two attached hydrogens (primary N) is 1. The van der Waals surface area contributed by atoms with E-state index in [1.54, 1.807) is 0 Å². The monoisotopic (exact) mass is 715 g/mol. The van der Waals surface area contributed by atoms with E-state index in [0.717, 1.165) is 67.3 Å². The van der Waals surface area contributed by atoms with Crippen LogP contribution < -0.4 is 5.73 Å². The molecule has 3 aromatic heterocycles. The van der Waals surface area contributed by atoms with Gasteiger partial charge in [0, 0.05) is 47.1 Å². The molecular formula is C48H41N7. The molecule has 0 saturated heterocycles. The van der Waals surface area contributed by atoms with E-state index < -0.39 is 0 Å². The van der Waals surface area contributed by atoms with Gasteiger partial charge in [-0.2, -0.15) is 5.11 Å². The van der Waals surface area contributed by atoms with E-state index in [4.69, 9.17) is 20.7 Å². The number of nitrogens with zero attached hydrogens (tertiary/aromatic N) is 6. The van der Waals surface area contributed by atoms with Crippen molar-refractivity contribution in [2.24, 2.45) is 15.2 Å². The summed E-state index contributed by atoms with van der Waals surface area (Å²) in [4.78, 5) is 19.3. The maximum Gasteiger partial charge on any atom is 0.110 e. The molecule has 0 radical (unpaired) electrons. The summed E-state index contributed by atoms with van der Waals surface area (Å²) in [5.74, 6) is 0. The summed E-state index contributed by atoms with van der Waals surface area (Å²) in [7, 11) is 0. The van der Waals surface area contributed by atoms with Crippen molar-refractivity contribution in [3.05, 3.63) is 175 Å². The molecule has 0 aliphatic carbocycles. The fraction of sp³-hybridized carbons (Fsp3) is 0.125. The zero-order chi connectivity index (χ0) is 37.8. The summed E-state index contributed by atoms with van der Waals surface area (Å²) in [6.45, 7) is 6.69. The molecule has 55 heavy (non-hydrogen) atoms. The zero-order valence-corrected chi connectivity index (χ0v) is 31.1. The second-order valence-corrected chi connectivity index (χ2v) is 14.7. The molecule has 0 spiro atoms. The largest absolute Gasteiger partial charge is 0.397 e. The minimum Gasteiger partial charge on any atom is -0.397 e. The van der Waals surface area contributed by atoms with E-state index >= 15 is 0 Å². The van der Waals surface area contributed by atoms with Gasteiger partial charge in [-0.1, -0.05) is 99.6 Å². The third kappa shape index (κ3) is 7.92. The fourth-order valence-electron chi connectivity index (χ4n) is 6.72. The van der Waals surface area contributed by atoms with Crippen LogP contribution in [-0.2, 0) is 5.41 Å². The van der Waals surface area contributed by atoms with E-state index in [0.29, 0.717) is 17.8 Å². The highest BCUT2D eigenvalue weighted by atomic mass is 15.1. The molecule has 1 aliphatic heterocycles. The first-order valence-electron chi connectivity index (χ1n) is 18.5. The molecule has 4 aromatic carbocycles. The van der Waals surface area contributed by atoms with Gasteiger partial charge in [-0.3, -0.25) is 19.9 Å². The molecule has 1 atom stereocenters. The number of rotatable bonds is 8. The fourth-order valence-corrected chi connectivity index (χ4v) is 6.72. The number of hydrogen-bond donors (Lipinski definition) is 1. The number of dihydropyridines is 1. The minimum atomic E-state index is -0.216. The molecule has 7 heteroatoms. The summed E-state index contributed by atoms with van der Waals surface area (Å²) >= 11 is 0. The normalized spacial score (nSPS) is 14.2. The first-order chi connectivity index (χ1) is 26.8. The van der Waals surface area contributed by atoms with Crippen molar-refractivity contribution in [3.8, 4) is 44.8 Å². The number of benzene rings is 4. The van der Waals surface area contributed by atoms with Gasteiger partial charge in [-0.15, -0.1) is 5.11 Å². The highest BCUT2D eigenvalue weighted by molar-refractivity contribution is 6.10. The van der Waals surface area contributed by atoms with Crippen LogP contribution in [0, 0.1) is 0 Å². The van der Waals surface area contributed by atoms with Crippen LogP contribution in [0.4, 0.5) is 17.1 Å². The Hall–Kier alpha value is -6.86. The van der Waals surface area contributed by atoms with Gasteiger partial charge in [-0.25, -0.2) is 0 Å². The third-order valence-electron chi connectivity index (χ3n) is 9.90. The summed E-state index contributed by atoms with van der Waals surface area (Å²) in [5, 5.41) is 9.13. The molecule has 0 saturated carbocycles. The van der Waals surface area contributed by atoms with E-state index in [1.807, 2.05) is 91.5 Å². The van der Waals surface area contributed by atoms with Crippen molar-refractivity contribution in [2.45, 2.75) is 38.6 Å². The van der Waals surface area contributed by atoms with Crippen LogP contribution >= 0.6 is 0 Å². The maximum absolute atomic E-state index is 6.87. The lowest BCUT2D eigenvalue weighted by Gasteiger charge is -2.20. The standard InChI is InChI=1S/C48H41N7/c1-48(2,3)39-18-14-33(15-19-39)35-23-25-51-45(28-35)37-17-21-43(53-31-37)41-26-38(29-46(47(41)49)55-54-40-12-8-5-9-13-40)42-20-16-36(30-52-42)44-27-34(22-24-50-44)32-10-6-4-7-11-32/h4-20,22-31,43H,21,49H2,1-3H3. The van der Waals surface area contributed by atoms with E-state index in [9.17, 15) is 0 Å². The number of aromatic nitrogens is 3. The van der Waals surface area contributed by atoms with Crippen molar-refractivity contribution in [1.29, 1.82) is 0 Å². The van der Waals surface area contributed by atoms with E-state index in [1.165, 1.54) is 5.56 Å². The van der Waals surface area contributed by atoms with E-state index in [-0.39, 0.29) is 11.5 Å². The Bertz CT molecular complexity index is 2530. The zero-order valence-electron chi connectivity index (χ0n) is 31.1. The van der Waals surface area contributed by atoms with Crippen molar-refractivity contribution >= 4 is 28.8 Å². The second kappa shape index (κ2) is 15.2. The quantitative estimate of drug-likeness (QED) is 0.125. The van der Waals surface area contributed by atoms with Crippen molar-refractivity contribution in [2.75, 3.05) is 5.73 Å². The van der Waals surface area contributed by atoms with Crippen LogP contribution in [-0.4, -0.2) is 21.2 Å². The molecule has 2 N–H and O–H groups in total. The predicted octanol–water partition coefficient (Wildman–Crippen LogP) is 12.4. The predicted molar refractivity (Wildman–Crippen MR) is 226 cm³/mol. The maximum atomic E-state index is 6.87. The molecule has 7 aromatic rings. The average Bonchev–Trinajstić information content (AvgIpc) is 3.24. The minimum absolute atomic E-state index is 0.102. The number of hydrogen-bond acceptors (Lipinski definition) is 7. The summed E-state index contributed by atoms with van der Waals surface area (Å²) in [6, 6.07) is 44.9. The molecule has 8 rings (SSSR count). The second-order valence-electron chi connectivity index (χ2n) is 14.7. The number of azo groups is 1. The van der Waals surface area contributed by atoms with Crippen LogP contribution in [0.15, 0.2) is 173 Å². The molecule has 1 unspecified atom stereocenters. The number of nitrogen functional groups attached to an aromatic ring is 1. The van der Waals surface area contributed by atoms with Crippen LogP contribution in [0.3, 0.4) is 0 Å². The molecule has 0 amide bonds. The Morgan fingerprint density at radius 1 is 0.582 bits per heavy atom. The molecule has 0 bridgehead atoms. The van der Waals surface area contributed by atoms with Gasteiger partial charge in [0.15, 0.2) is 0 Å². The van der Waals surface area contributed by atoms with Gasteiger partial charge in [-0.05, 0) is 100 Å². The number of allylic oxidation sites excluding steroid dienone is 1. The lowest BCUT2D eigenvalue weighted by Crippen LogP contribution is -2.10. The molecule has 7 nitrogen and oxygen atoms in total. The van der Waals surface area contributed by atoms with Gasteiger partial charge in [0.05, 0.1) is 34.5 Å². The van der Waals surface area contributed by atoms with Gasteiger partial charge in [0.25, 0.3) is 0 Å². The number of anilines is 1. The van der Waals surface area contributed by atoms with Crippen molar-refractivity contribution in [1.82, 2.24) is 15.0 Å². The van der Waals surface area contributed by atoms with Gasteiger partial charge < -0.3 is 5.73 Å². The SMILES string of the molecule is CC(C)(C)c1ccc(-c2ccnc(C3=CCC(c4cc(-c5ccc(-c6cc(-c7ccccc7)ccn6)cn5)cc(N=Nc5ccccc5)c4N)N=C3)c2)cc1.